The van der Waals surface area contributed by atoms with E-state index in [0.29, 0.717) is 6.61 Å². The molecule has 0 rings (SSSR count). The Labute approximate surface area is 286 Å². The van der Waals surface area contributed by atoms with Crippen LogP contribution in [-0.4, -0.2) is 51.4 Å². The fourth-order valence-electron chi connectivity index (χ4n) is 6.36. The molecule has 0 spiro atoms. The van der Waals surface area contributed by atoms with Gasteiger partial charge in [0, 0.05) is 0 Å². The van der Waals surface area contributed by atoms with Gasteiger partial charge in [0.05, 0.1) is 38.5 Å². The molecule has 0 aromatic carbocycles. The zero-order chi connectivity index (χ0) is 33.7. The van der Waals surface area contributed by atoms with Crippen molar-refractivity contribution in [1.29, 1.82) is 0 Å². The van der Waals surface area contributed by atoms with Crippen LogP contribution in [0, 0.1) is 0 Å². The van der Waals surface area contributed by atoms with E-state index in [1.807, 2.05) is 0 Å². The molecule has 0 saturated carbocycles. The van der Waals surface area contributed by atoms with Crippen molar-refractivity contribution in [3.8, 4) is 0 Å². The van der Waals surface area contributed by atoms with Gasteiger partial charge in [0.2, 0.25) is 0 Å². The van der Waals surface area contributed by atoms with E-state index in [0.717, 1.165) is 32.1 Å². The summed E-state index contributed by atoms with van der Waals surface area (Å²) in [4.78, 5) is 0. The van der Waals surface area contributed by atoms with E-state index in [1.165, 1.54) is 178 Å². The van der Waals surface area contributed by atoms with E-state index in [2.05, 4.69) is 41.5 Å². The number of nitrogens with zero attached hydrogens (tertiary/aromatic N) is 1. The highest BCUT2D eigenvalue weighted by atomic mass is 32.2. The van der Waals surface area contributed by atoms with Crippen molar-refractivity contribution in [1.82, 2.24) is 0 Å². The Morgan fingerprint density at radius 1 is 0.356 bits per heavy atom. The minimum absolute atomic E-state index is 0.197. The summed E-state index contributed by atoms with van der Waals surface area (Å²) in [7, 11) is -3.31. The van der Waals surface area contributed by atoms with E-state index in [4.69, 9.17) is 4.18 Å². The van der Waals surface area contributed by atoms with Crippen LogP contribution in [0.5, 0.6) is 0 Å². The van der Waals surface area contributed by atoms with Crippen molar-refractivity contribution < 1.29 is 17.1 Å². The van der Waals surface area contributed by atoms with Crippen LogP contribution in [0.15, 0.2) is 0 Å². The lowest BCUT2D eigenvalue weighted by atomic mass is 10.0. The van der Waals surface area contributed by atoms with Gasteiger partial charge in [0.25, 0.3) is 10.1 Å². The Morgan fingerprint density at radius 3 is 0.844 bits per heavy atom. The van der Waals surface area contributed by atoms with E-state index in [9.17, 15) is 8.42 Å². The zero-order valence-corrected chi connectivity index (χ0v) is 32.9. The third-order valence-corrected chi connectivity index (χ3v) is 11.5. The summed E-state index contributed by atoms with van der Waals surface area (Å²) in [5, 5.41) is 0. The van der Waals surface area contributed by atoms with Gasteiger partial charge >= 0.3 is 0 Å². The monoisotopic (exact) mass is 661 g/mol. The predicted molar refractivity (Wildman–Crippen MR) is 203 cm³/mol. The average Bonchev–Trinajstić information content (AvgIpc) is 3.04. The van der Waals surface area contributed by atoms with E-state index >= 15 is 0 Å². The van der Waals surface area contributed by atoms with E-state index in [1.54, 1.807) is 0 Å². The normalized spacial score (nSPS) is 12.0. The summed E-state index contributed by atoms with van der Waals surface area (Å²) in [5.74, 6) is 0.197. The molecular weight excluding hydrogens is 575 g/mol. The maximum absolute atomic E-state index is 12.0. The first-order chi connectivity index (χ1) is 21.9. The van der Waals surface area contributed by atoms with Crippen molar-refractivity contribution in [2.45, 2.75) is 221 Å². The average molecular weight is 661 g/mol. The summed E-state index contributed by atoms with van der Waals surface area (Å²) in [6.07, 6.45) is 36.4. The maximum Gasteiger partial charge on any atom is 0.267 e. The highest BCUT2D eigenvalue weighted by Crippen LogP contribution is 2.15. The second-order valence-electron chi connectivity index (χ2n) is 13.9. The van der Waals surface area contributed by atoms with Gasteiger partial charge in [0.15, 0.2) is 0 Å². The van der Waals surface area contributed by atoms with Gasteiger partial charge < -0.3 is 4.48 Å². The molecule has 4 nitrogen and oxygen atoms in total. The Kier molecular flexibility index (Phi) is 38.3. The Morgan fingerprint density at radius 2 is 0.600 bits per heavy atom. The van der Waals surface area contributed by atoms with Crippen LogP contribution in [0.1, 0.15) is 221 Å². The van der Waals surface area contributed by atoms with Crippen LogP contribution in [0.3, 0.4) is 0 Å². The lowest BCUT2D eigenvalue weighted by Crippen LogP contribution is -2.47. The first kappa shape index (κ1) is 47.0. The maximum atomic E-state index is 12.0. The van der Waals surface area contributed by atoms with Crippen molar-refractivity contribution >= 4 is 10.1 Å². The number of hydrogen-bond acceptors (Lipinski definition) is 3. The van der Waals surface area contributed by atoms with Crippen LogP contribution in [-0.2, 0) is 14.3 Å². The lowest BCUT2D eigenvalue weighted by molar-refractivity contribution is -0.921. The SMILES string of the molecule is CCCCCCCCCCCCCCCCCCCCOS(=O)(=O)CCCCCCCCCCCC.CC[N+](CC)(CC)CC. The van der Waals surface area contributed by atoms with Crippen LogP contribution >= 0.6 is 0 Å². The smallest absolute Gasteiger partial charge is 0.267 e. The predicted octanol–water partition coefficient (Wildman–Crippen LogP) is 13.2. The van der Waals surface area contributed by atoms with Gasteiger partial charge in [-0.15, -0.1) is 0 Å². The largest absolute Gasteiger partial charge is 0.325 e. The van der Waals surface area contributed by atoms with Gasteiger partial charge in [0.1, 0.15) is 0 Å². The molecule has 0 saturated heterocycles. The molecule has 0 radical (unpaired) electrons. The van der Waals surface area contributed by atoms with Gasteiger partial charge in [-0.2, -0.15) is 8.42 Å². The molecule has 0 N–H and O–H groups in total. The summed E-state index contributed by atoms with van der Waals surface area (Å²) < 4.78 is 30.5. The first-order valence-corrected chi connectivity index (χ1v) is 22.2. The molecule has 0 aromatic rings. The fraction of sp³-hybridized carbons (Fsp3) is 1.00. The number of unbranched alkanes of at least 4 members (excludes halogenated alkanes) is 26. The molecule has 0 aliphatic rings. The molecule has 0 bridgehead atoms. The fourth-order valence-corrected chi connectivity index (χ4v) is 7.40. The first-order valence-electron chi connectivity index (χ1n) is 20.6. The molecule has 0 unspecified atom stereocenters. The highest BCUT2D eigenvalue weighted by molar-refractivity contribution is 7.86. The minimum Gasteiger partial charge on any atom is -0.325 e. The number of rotatable bonds is 35. The Balaban J connectivity index is 0. The standard InChI is InChI=1S/C32H66O3S.C8H20N/c1-3-5-7-9-11-13-15-16-17-18-19-20-21-22-23-25-27-29-31-35-36(33,34)32-30-28-26-24-14-12-10-8-6-4-2;1-5-9(6-2,7-3)8-4/h3-32H2,1-2H3;5-8H2,1-4H3/q;+1. The summed E-state index contributed by atoms with van der Waals surface area (Å²) in [6.45, 7) is 19.1. The molecule has 0 aromatic heterocycles. The van der Waals surface area contributed by atoms with E-state index < -0.39 is 10.1 Å². The van der Waals surface area contributed by atoms with Crippen LogP contribution in [0.2, 0.25) is 0 Å². The van der Waals surface area contributed by atoms with Gasteiger partial charge in [-0.05, 0) is 40.5 Å². The van der Waals surface area contributed by atoms with Gasteiger partial charge in [-0.1, -0.05) is 181 Å². The Hall–Kier alpha value is -0.130. The van der Waals surface area contributed by atoms with Crippen LogP contribution < -0.4 is 0 Å². The summed E-state index contributed by atoms with van der Waals surface area (Å²) >= 11 is 0. The highest BCUT2D eigenvalue weighted by Gasteiger charge is 2.16. The second kappa shape index (κ2) is 36.7. The van der Waals surface area contributed by atoms with Crippen molar-refractivity contribution in [3.05, 3.63) is 0 Å². The molecule has 0 aliphatic carbocycles. The second-order valence-corrected chi connectivity index (χ2v) is 15.6. The number of hydrogen-bond donors (Lipinski definition) is 0. The molecule has 274 valence electrons. The minimum atomic E-state index is -3.31. The molecular formula is C40H86NO3S+. The third-order valence-electron chi connectivity index (χ3n) is 10.2. The topological polar surface area (TPSA) is 43.4 Å². The molecule has 0 aliphatic heterocycles. The van der Waals surface area contributed by atoms with Crippen LogP contribution in [0.25, 0.3) is 0 Å². The molecule has 0 atom stereocenters. The van der Waals surface area contributed by atoms with Crippen molar-refractivity contribution in [2.75, 3.05) is 38.5 Å². The number of quaternary nitrogens is 1. The van der Waals surface area contributed by atoms with Crippen LogP contribution in [0.4, 0.5) is 0 Å². The molecule has 5 heteroatoms. The quantitative estimate of drug-likeness (QED) is 0.0386. The van der Waals surface area contributed by atoms with Crippen molar-refractivity contribution in [3.63, 3.8) is 0 Å². The molecule has 0 fully saturated rings. The molecule has 0 heterocycles. The van der Waals surface area contributed by atoms with Gasteiger partial charge in [-0.3, -0.25) is 4.18 Å². The van der Waals surface area contributed by atoms with Gasteiger partial charge in [-0.25, -0.2) is 0 Å². The third kappa shape index (κ3) is 35.0. The lowest BCUT2D eigenvalue weighted by Gasteiger charge is -2.34. The molecule has 45 heavy (non-hydrogen) atoms. The molecule has 0 amide bonds. The zero-order valence-electron chi connectivity index (χ0n) is 32.1. The Bertz CT molecular complexity index is 630. The summed E-state index contributed by atoms with van der Waals surface area (Å²) in [5.41, 5.74) is 0. The summed E-state index contributed by atoms with van der Waals surface area (Å²) in [6, 6.07) is 0. The van der Waals surface area contributed by atoms with E-state index in [-0.39, 0.29) is 5.75 Å². The van der Waals surface area contributed by atoms with Crippen molar-refractivity contribution in [2.24, 2.45) is 0 Å².